The maximum Gasteiger partial charge on any atom is 0.334 e. The first kappa shape index (κ1) is 11.3. The zero-order valence-corrected chi connectivity index (χ0v) is 10.8. The lowest BCUT2D eigenvalue weighted by molar-refractivity contribution is -0.142. The molecule has 17 heavy (non-hydrogen) atoms. The average Bonchev–Trinajstić information content (AvgIpc) is 2.75. The molecule has 2 aliphatic carbocycles. The molecule has 0 aromatic heterocycles. The summed E-state index contributed by atoms with van der Waals surface area (Å²) in [6.45, 7) is 8.66. The zero-order valence-electron chi connectivity index (χ0n) is 10.8. The Morgan fingerprint density at radius 2 is 1.82 bits per heavy atom. The standard InChI is InChI=1S/C15H22O2/c1-8-4-7-12-10(3)15(16)17-14(12)13-9(2)5-6-11(8)13/h8-9,11-14H,3-7H2,1-2H3/t8-,9-,11-,12-,13-,14-/m0/s1. The van der Waals surface area contributed by atoms with E-state index in [4.69, 9.17) is 4.74 Å². The monoisotopic (exact) mass is 234 g/mol. The summed E-state index contributed by atoms with van der Waals surface area (Å²) in [7, 11) is 0. The Hall–Kier alpha value is -0.790. The Kier molecular flexibility index (Phi) is 2.57. The van der Waals surface area contributed by atoms with Gasteiger partial charge in [0.2, 0.25) is 0 Å². The highest BCUT2D eigenvalue weighted by Gasteiger charge is 2.52. The number of carbonyl (C=O) groups excluding carboxylic acids is 1. The van der Waals surface area contributed by atoms with Crippen molar-refractivity contribution in [3.63, 3.8) is 0 Å². The first-order valence-corrected chi connectivity index (χ1v) is 6.99. The van der Waals surface area contributed by atoms with E-state index in [1.165, 1.54) is 19.3 Å². The number of rotatable bonds is 0. The summed E-state index contributed by atoms with van der Waals surface area (Å²) in [4.78, 5) is 11.7. The second-order valence-corrected chi connectivity index (χ2v) is 6.35. The van der Waals surface area contributed by atoms with Crippen LogP contribution in [0.2, 0.25) is 0 Å². The number of carbonyl (C=O) groups is 1. The Morgan fingerprint density at radius 3 is 2.59 bits per heavy atom. The number of hydrogen-bond donors (Lipinski definition) is 0. The molecule has 1 aliphatic heterocycles. The lowest BCUT2D eigenvalue weighted by atomic mass is 9.78. The Labute approximate surface area is 103 Å². The van der Waals surface area contributed by atoms with Gasteiger partial charge in [-0.3, -0.25) is 0 Å². The van der Waals surface area contributed by atoms with E-state index in [1.807, 2.05) is 0 Å². The molecule has 94 valence electrons. The molecule has 1 saturated heterocycles. The van der Waals surface area contributed by atoms with E-state index in [0.29, 0.717) is 17.8 Å². The normalized spacial score (nSPS) is 49.5. The lowest BCUT2D eigenvalue weighted by Crippen LogP contribution is -2.32. The van der Waals surface area contributed by atoms with Crippen LogP contribution >= 0.6 is 0 Å². The summed E-state index contributed by atoms with van der Waals surface area (Å²) in [5, 5.41) is 0. The van der Waals surface area contributed by atoms with Gasteiger partial charge in [-0.25, -0.2) is 4.79 Å². The molecule has 3 rings (SSSR count). The minimum absolute atomic E-state index is 0.132. The van der Waals surface area contributed by atoms with Gasteiger partial charge in [-0.2, -0.15) is 0 Å². The van der Waals surface area contributed by atoms with Crippen LogP contribution in [0.25, 0.3) is 0 Å². The molecule has 0 N–H and O–H groups in total. The molecule has 2 heteroatoms. The molecule has 2 saturated carbocycles. The van der Waals surface area contributed by atoms with Gasteiger partial charge in [0.25, 0.3) is 0 Å². The van der Waals surface area contributed by atoms with E-state index in [9.17, 15) is 4.79 Å². The summed E-state index contributed by atoms with van der Waals surface area (Å²) < 4.78 is 5.65. The molecule has 3 aliphatic rings. The van der Waals surface area contributed by atoms with Crippen LogP contribution in [0, 0.1) is 29.6 Å². The number of hydrogen-bond acceptors (Lipinski definition) is 2. The van der Waals surface area contributed by atoms with Crippen LogP contribution < -0.4 is 0 Å². The predicted molar refractivity (Wildman–Crippen MR) is 66.3 cm³/mol. The molecule has 0 radical (unpaired) electrons. The molecule has 1 heterocycles. The predicted octanol–water partition coefficient (Wildman–Crippen LogP) is 3.18. The van der Waals surface area contributed by atoms with Crippen LogP contribution in [-0.4, -0.2) is 12.1 Å². The molecule has 0 bridgehead atoms. The van der Waals surface area contributed by atoms with Gasteiger partial charge in [0, 0.05) is 17.4 Å². The van der Waals surface area contributed by atoms with E-state index in [0.717, 1.165) is 23.8 Å². The fourth-order valence-corrected chi connectivity index (χ4v) is 4.47. The largest absolute Gasteiger partial charge is 0.458 e. The van der Waals surface area contributed by atoms with E-state index in [-0.39, 0.29) is 12.1 Å². The van der Waals surface area contributed by atoms with Gasteiger partial charge >= 0.3 is 5.97 Å². The van der Waals surface area contributed by atoms with Crippen LogP contribution in [0.3, 0.4) is 0 Å². The molecule has 0 spiro atoms. The van der Waals surface area contributed by atoms with Gasteiger partial charge in [0.15, 0.2) is 0 Å². The van der Waals surface area contributed by atoms with Crippen LogP contribution in [0.15, 0.2) is 12.2 Å². The molecular formula is C15H22O2. The highest BCUT2D eigenvalue weighted by atomic mass is 16.6. The van der Waals surface area contributed by atoms with Gasteiger partial charge < -0.3 is 4.74 Å². The third kappa shape index (κ3) is 1.56. The maximum absolute atomic E-state index is 11.7. The minimum atomic E-state index is -0.132. The summed E-state index contributed by atoms with van der Waals surface area (Å²) in [5.74, 6) is 3.00. The number of fused-ring (bicyclic) bond motifs is 3. The number of ether oxygens (including phenoxy) is 1. The molecular weight excluding hydrogens is 212 g/mol. The van der Waals surface area contributed by atoms with E-state index < -0.39 is 0 Å². The zero-order chi connectivity index (χ0) is 12.2. The van der Waals surface area contributed by atoms with Crippen LogP contribution in [0.5, 0.6) is 0 Å². The third-order valence-electron chi connectivity index (χ3n) is 5.50. The molecule has 0 aromatic carbocycles. The average molecular weight is 234 g/mol. The van der Waals surface area contributed by atoms with Crippen LogP contribution in [-0.2, 0) is 9.53 Å². The van der Waals surface area contributed by atoms with Crippen molar-refractivity contribution in [2.24, 2.45) is 29.6 Å². The number of esters is 1. The van der Waals surface area contributed by atoms with Crippen molar-refractivity contribution in [3.8, 4) is 0 Å². The minimum Gasteiger partial charge on any atom is -0.458 e. The van der Waals surface area contributed by atoms with Crippen molar-refractivity contribution in [1.29, 1.82) is 0 Å². The Morgan fingerprint density at radius 1 is 1.12 bits per heavy atom. The second-order valence-electron chi connectivity index (χ2n) is 6.35. The van der Waals surface area contributed by atoms with Gasteiger partial charge in [-0.1, -0.05) is 26.8 Å². The van der Waals surface area contributed by atoms with Gasteiger partial charge in [-0.05, 0) is 37.0 Å². The van der Waals surface area contributed by atoms with Gasteiger partial charge in [0.1, 0.15) is 6.10 Å². The van der Waals surface area contributed by atoms with Crippen LogP contribution in [0.4, 0.5) is 0 Å². The first-order chi connectivity index (χ1) is 8.09. The van der Waals surface area contributed by atoms with E-state index in [1.54, 1.807) is 0 Å². The summed E-state index contributed by atoms with van der Waals surface area (Å²) in [6, 6.07) is 0. The van der Waals surface area contributed by atoms with Crippen LogP contribution in [0.1, 0.15) is 39.5 Å². The fraction of sp³-hybridized carbons (Fsp3) is 0.800. The van der Waals surface area contributed by atoms with Crippen molar-refractivity contribution >= 4 is 5.97 Å². The van der Waals surface area contributed by atoms with Gasteiger partial charge in [0.05, 0.1) is 0 Å². The van der Waals surface area contributed by atoms with E-state index in [2.05, 4.69) is 20.4 Å². The second kappa shape index (κ2) is 3.86. The topological polar surface area (TPSA) is 26.3 Å². The Bertz CT molecular complexity index is 360. The molecule has 3 fully saturated rings. The van der Waals surface area contributed by atoms with Crippen molar-refractivity contribution in [1.82, 2.24) is 0 Å². The summed E-state index contributed by atoms with van der Waals surface area (Å²) >= 11 is 0. The molecule has 0 unspecified atom stereocenters. The third-order valence-corrected chi connectivity index (χ3v) is 5.50. The molecule has 6 atom stereocenters. The highest BCUT2D eigenvalue weighted by molar-refractivity contribution is 5.90. The maximum atomic E-state index is 11.7. The highest BCUT2D eigenvalue weighted by Crippen LogP contribution is 2.52. The fourth-order valence-electron chi connectivity index (χ4n) is 4.47. The quantitative estimate of drug-likeness (QED) is 0.475. The van der Waals surface area contributed by atoms with Gasteiger partial charge in [-0.15, -0.1) is 0 Å². The SMILES string of the molecule is C=C1C(=O)O[C@@H]2[C@@H]3[C@@H](CC[C@@H]3C)[C@@H](C)CC[C@@H]12. The molecule has 2 nitrogen and oxygen atoms in total. The summed E-state index contributed by atoms with van der Waals surface area (Å²) in [6.07, 6.45) is 5.08. The van der Waals surface area contributed by atoms with Crippen molar-refractivity contribution in [2.45, 2.75) is 45.6 Å². The lowest BCUT2D eigenvalue weighted by Gasteiger charge is -2.30. The first-order valence-electron chi connectivity index (χ1n) is 6.99. The Balaban J connectivity index is 1.95. The smallest absolute Gasteiger partial charge is 0.334 e. The van der Waals surface area contributed by atoms with Crippen molar-refractivity contribution < 1.29 is 9.53 Å². The van der Waals surface area contributed by atoms with Crippen molar-refractivity contribution in [2.75, 3.05) is 0 Å². The molecule has 0 aromatic rings. The van der Waals surface area contributed by atoms with Crippen molar-refractivity contribution in [3.05, 3.63) is 12.2 Å². The summed E-state index contributed by atoms with van der Waals surface area (Å²) in [5.41, 5.74) is 0.738. The van der Waals surface area contributed by atoms with E-state index >= 15 is 0 Å². The molecule has 0 amide bonds.